The van der Waals surface area contributed by atoms with Crippen LogP contribution in [0.1, 0.15) is 39.2 Å². The van der Waals surface area contributed by atoms with Crippen LogP contribution in [-0.2, 0) is 6.42 Å². The fourth-order valence-corrected chi connectivity index (χ4v) is 2.79. The van der Waals surface area contributed by atoms with Crippen molar-refractivity contribution in [2.24, 2.45) is 5.41 Å². The first kappa shape index (κ1) is 12.4. The molecule has 1 atom stereocenters. The first-order valence-electron chi connectivity index (χ1n) is 6.39. The van der Waals surface area contributed by atoms with Crippen molar-refractivity contribution in [1.29, 1.82) is 0 Å². The average molecular weight is 233 g/mol. The molecule has 0 aliphatic carbocycles. The van der Waals surface area contributed by atoms with Gasteiger partial charge < -0.3 is 11.1 Å². The molecule has 1 aromatic heterocycles. The van der Waals surface area contributed by atoms with E-state index in [1.807, 2.05) is 6.07 Å². The minimum Gasteiger partial charge on any atom is -0.383 e. The third-order valence-corrected chi connectivity index (χ3v) is 4.10. The summed E-state index contributed by atoms with van der Waals surface area (Å²) in [5.74, 6) is 0.671. The zero-order valence-electron chi connectivity index (χ0n) is 11.1. The van der Waals surface area contributed by atoms with Gasteiger partial charge in [0.05, 0.1) is 0 Å². The van der Waals surface area contributed by atoms with Gasteiger partial charge in [-0.15, -0.1) is 0 Å². The Morgan fingerprint density at radius 3 is 2.76 bits per heavy atom. The normalized spacial score (nSPS) is 25.1. The van der Waals surface area contributed by atoms with Crippen LogP contribution < -0.4 is 11.1 Å². The van der Waals surface area contributed by atoms with Gasteiger partial charge in [-0.05, 0) is 42.9 Å². The Bertz CT molecular complexity index is 387. The van der Waals surface area contributed by atoms with Gasteiger partial charge in [0.15, 0.2) is 0 Å². The molecule has 1 aromatic rings. The average Bonchev–Trinajstić information content (AvgIpc) is 2.70. The van der Waals surface area contributed by atoms with E-state index >= 15 is 0 Å². The van der Waals surface area contributed by atoms with Crippen molar-refractivity contribution in [3.63, 3.8) is 0 Å². The molecule has 1 unspecified atom stereocenters. The Morgan fingerprint density at radius 1 is 1.47 bits per heavy atom. The van der Waals surface area contributed by atoms with Gasteiger partial charge in [-0.1, -0.05) is 26.8 Å². The SMILES string of the molecule is CC(C)(C)C1(Cc2cccnc2N)CCCN1. The number of pyridine rings is 1. The molecule has 0 aromatic carbocycles. The van der Waals surface area contributed by atoms with E-state index in [-0.39, 0.29) is 11.0 Å². The lowest BCUT2D eigenvalue weighted by Crippen LogP contribution is -2.52. The Hall–Kier alpha value is -1.09. The molecule has 3 nitrogen and oxygen atoms in total. The van der Waals surface area contributed by atoms with Crippen molar-refractivity contribution in [3.05, 3.63) is 23.9 Å². The molecule has 0 amide bonds. The molecule has 1 aliphatic rings. The monoisotopic (exact) mass is 233 g/mol. The second kappa shape index (κ2) is 4.30. The summed E-state index contributed by atoms with van der Waals surface area (Å²) in [6, 6.07) is 4.06. The summed E-state index contributed by atoms with van der Waals surface area (Å²) < 4.78 is 0. The highest BCUT2D eigenvalue weighted by atomic mass is 15.0. The number of nitrogens with zero attached hydrogens (tertiary/aromatic N) is 1. The van der Waals surface area contributed by atoms with Crippen LogP contribution >= 0.6 is 0 Å². The number of aromatic nitrogens is 1. The lowest BCUT2D eigenvalue weighted by molar-refractivity contribution is 0.159. The van der Waals surface area contributed by atoms with Gasteiger partial charge >= 0.3 is 0 Å². The summed E-state index contributed by atoms with van der Waals surface area (Å²) in [7, 11) is 0. The lowest BCUT2D eigenvalue weighted by atomic mass is 9.69. The van der Waals surface area contributed by atoms with Gasteiger partial charge in [0.25, 0.3) is 0 Å². The van der Waals surface area contributed by atoms with Crippen LogP contribution in [0.2, 0.25) is 0 Å². The smallest absolute Gasteiger partial charge is 0.126 e. The molecule has 2 rings (SSSR count). The molecular formula is C14H23N3. The summed E-state index contributed by atoms with van der Waals surface area (Å²) in [5, 5.41) is 3.70. The summed E-state index contributed by atoms with van der Waals surface area (Å²) in [5.41, 5.74) is 7.51. The molecule has 3 heteroatoms. The Labute approximate surface area is 104 Å². The highest BCUT2D eigenvalue weighted by Gasteiger charge is 2.43. The van der Waals surface area contributed by atoms with Crippen molar-refractivity contribution in [2.75, 3.05) is 12.3 Å². The first-order valence-corrected chi connectivity index (χ1v) is 6.39. The van der Waals surface area contributed by atoms with E-state index in [0.717, 1.165) is 18.5 Å². The van der Waals surface area contributed by atoms with Crippen molar-refractivity contribution >= 4 is 5.82 Å². The van der Waals surface area contributed by atoms with Crippen LogP contribution in [0.15, 0.2) is 18.3 Å². The number of nitrogen functional groups attached to an aromatic ring is 1. The molecular weight excluding hydrogens is 210 g/mol. The topological polar surface area (TPSA) is 50.9 Å². The molecule has 0 saturated carbocycles. The molecule has 0 radical (unpaired) electrons. The Kier molecular flexibility index (Phi) is 3.13. The molecule has 1 fully saturated rings. The van der Waals surface area contributed by atoms with Gasteiger partial charge in [-0.3, -0.25) is 0 Å². The molecule has 1 aliphatic heterocycles. The minimum atomic E-state index is 0.157. The maximum Gasteiger partial charge on any atom is 0.126 e. The number of nitrogens with two attached hydrogens (primary N) is 1. The predicted molar refractivity (Wildman–Crippen MR) is 71.8 cm³/mol. The van der Waals surface area contributed by atoms with Crippen LogP contribution in [0, 0.1) is 5.41 Å². The molecule has 2 heterocycles. The predicted octanol–water partition coefficient (Wildman–Crippen LogP) is 2.37. The quantitative estimate of drug-likeness (QED) is 0.824. The van der Waals surface area contributed by atoms with Crippen molar-refractivity contribution in [3.8, 4) is 0 Å². The van der Waals surface area contributed by atoms with E-state index in [2.05, 4.69) is 37.1 Å². The molecule has 1 saturated heterocycles. The van der Waals surface area contributed by atoms with Gasteiger partial charge in [-0.2, -0.15) is 0 Å². The van der Waals surface area contributed by atoms with Crippen LogP contribution in [0.3, 0.4) is 0 Å². The van der Waals surface area contributed by atoms with Gasteiger partial charge in [0.1, 0.15) is 5.82 Å². The number of anilines is 1. The number of hydrogen-bond donors (Lipinski definition) is 2. The molecule has 0 bridgehead atoms. The standard InChI is InChI=1S/C14H23N3/c1-13(2,3)14(7-5-9-17-14)10-11-6-4-8-16-12(11)15/h4,6,8,17H,5,7,9-10H2,1-3H3,(H2,15,16). The van der Waals surface area contributed by atoms with Crippen molar-refractivity contribution in [1.82, 2.24) is 10.3 Å². The van der Waals surface area contributed by atoms with Gasteiger partial charge in [-0.25, -0.2) is 4.98 Å². The molecule has 0 spiro atoms. The lowest BCUT2D eigenvalue weighted by Gasteiger charge is -2.42. The van der Waals surface area contributed by atoms with Gasteiger partial charge in [0.2, 0.25) is 0 Å². The Balaban J connectivity index is 2.28. The fourth-order valence-electron chi connectivity index (χ4n) is 2.79. The highest BCUT2D eigenvalue weighted by molar-refractivity contribution is 5.40. The second-order valence-corrected chi connectivity index (χ2v) is 6.09. The zero-order chi connectivity index (χ0) is 12.5. The summed E-state index contributed by atoms with van der Waals surface area (Å²) >= 11 is 0. The number of rotatable bonds is 2. The van der Waals surface area contributed by atoms with E-state index in [1.54, 1.807) is 6.20 Å². The van der Waals surface area contributed by atoms with E-state index in [4.69, 9.17) is 5.73 Å². The van der Waals surface area contributed by atoms with Crippen LogP contribution in [0.25, 0.3) is 0 Å². The van der Waals surface area contributed by atoms with E-state index in [9.17, 15) is 0 Å². The van der Waals surface area contributed by atoms with Crippen LogP contribution in [0.5, 0.6) is 0 Å². The highest BCUT2D eigenvalue weighted by Crippen LogP contribution is 2.40. The van der Waals surface area contributed by atoms with Crippen LogP contribution in [0.4, 0.5) is 5.82 Å². The summed E-state index contributed by atoms with van der Waals surface area (Å²) in [6.07, 6.45) is 5.18. The van der Waals surface area contributed by atoms with Gasteiger partial charge in [0, 0.05) is 11.7 Å². The summed E-state index contributed by atoms with van der Waals surface area (Å²) in [4.78, 5) is 4.18. The number of nitrogens with one attached hydrogen (secondary N) is 1. The fraction of sp³-hybridized carbons (Fsp3) is 0.643. The number of hydrogen-bond acceptors (Lipinski definition) is 3. The van der Waals surface area contributed by atoms with Crippen molar-refractivity contribution < 1.29 is 0 Å². The van der Waals surface area contributed by atoms with Crippen LogP contribution in [-0.4, -0.2) is 17.1 Å². The molecule has 3 N–H and O–H groups in total. The van der Waals surface area contributed by atoms with E-state index in [0.29, 0.717) is 5.82 Å². The van der Waals surface area contributed by atoms with E-state index < -0.39 is 0 Å². The molecule has 94 valence electrons. The largest absolute Gasteiger partial charge is 0.383 e. The summed E-state index contributed by atoms with van der Waals surface area (Å²) in [6.45, 7) is 8.02. The van der Waals surface area contributed by atoms with Crippen molar-refractivity contribution in [2.45, 2.75) is 45.6 Å². The first-order chi connectivity index (χ1) is 7.95. The minimum absolute atomic E-state index is 0.157. The molecule has 17 heavy (non-hydrogen) atoms. The third kappa shape index (κ3) is 2.29. The Morgan fingerprint density at radius 2 is 2.24 bits per heavy atom. The zero-order valence-corrected chi connectivity index (χ0v) is 11.1. The second-order valence-electron chi connectivity index (χ2n) is 6.09. The third-order valence-electron chi connectivity index (χ3n) is 4.10. The maximum absolute atomic E-state index is 5.96. The maximum atomic E-state index is 5.96. The van der Waals surface area contributed by atoms with E-state index in [1.165, 1.54) is 12.8 Å².